The lowest BCUT2D eigenvalue weighted by molar-refractivity contribution is 0.0616. The summed E-state index contributed by atoms with van der Waals surface area (Å²) in [5, 5.41) is 3.22. The number of furan rings is 1. The van der Waals surface area contributed by atoms with E-state index in [1.54, 1.807) is 6.07 Å². The van der Waals surface area contributed by atoms with Crippen LogP contribution in [0, 0.1) is 0 Å². The van der Waals surface area contributed by atoms with Gasteiger partial charge in [-0.25, -0.2) is 0 Å². The Morgan fingerprint density at radius 3 is 2.63 bits per heavy atom. The molecule has 0 saturated carbocycles. The Morgan fingerprint density at radius 2 is 1.87 bits per heavy atom. The average molecular weight is 402 g/mol. The molecule has 1 spiro atoms. The predicted molar refractivity (Wildman–Crippen MR) is 116 cm³/mol. The largest absolute Gasteiger partial charge is 0.492 e. The van der Waals surface area contributed by atoms with Crippen LogP contribution in [0.25, 0.3) is 11.3 Å². The van der Waals surface area contributed by atoms with Crippen molar-refractivity contribution in [2.75, 3.05) is 26.7 Å². The summed E-state index contributed by atoms with van der Waals surface area (Å²) in [5.41, 5.74) is 3.55. The molecule has 1 N–H and O–H groups in total. The van der Waals surface area contributed by atoms with Crippen molar-refractivity contribution in [3.8, 4) is 17.1 Å². The maximum absolute atomic E-state index is 13.0. The van der Waals surface area contributed by atoms with Gasteiger partial charge in [0, 0.05) is 36.2 Å². The van der Waals surface area contributed by atoms with E-state index in [-0.39, 0.29) is 11.3 Å². The summed E-state index contributed by atoms with van der Waals surface area (Å²) in [6, 6.07) is 20.0. The van der Waals surface area contributed by atoms with Gasteiger partial charge in [0.1, 0.15) is 11.5 Å². The van der Waals surface area contributed by atoms with Crippen molar-refractivity contribution in [1.82, 2.24) is 10.2 Å². The van der Waals surface area contributed by atoms with E-state index in [1.165, 1.54) is 11.1 Å². The second-order valence-corrected chi connectivity index (χ2v) is 8.25. The monoisotopic (exact) mass is 402 g/mol. The summed E-state index contributed by atoms with van der Waals surface area (Å²) in [6.07, 6.45) is 1.81. The first-order valence-corrected chi connectivity index (χ1v) is 10.5. The van der Waals surface area contributed by atoms with Gasteiger partial charge in [-0.1, -0.05) is 42.5 Å². The van der Waals surface area contributed by atoms with Gasteiger partial charge in [-0.3, -0.25) is 4.79 Å². The molecule has 2 aliphatic rings. The zero-order valence-electron chi connectivity index (χ0n) is 17.2. The van der Waals surface area contributed by atoms with Crippen LogP contribution in [0.5, 0.6) is 5.75 Å². The predicted octanol–water partition coefficient (Wildman–Crippen LogP) is 4.23. The van der Waals surface area contributed by atoms with Gasteiger partial charge in [-0.05, 0) is 43.7 Å². The molecule has 0 aliphatic carbocycles. The Kier molecular flexibility index (Phi) is 4.83. The minimum Gasteiger partial charge on any atom is -0.492 e. The molecule has 5 nitrogen and oxygen atoms in total. The second kappa shape index (κ2) is 7.65. The molecule has 0 bridgehead atoms. The number of fused-ring (bicyclic) bond motifs is 2. The summed E-state index contributed by atoms with van der Waals surface area (Å²) in [5.74, 6) is 2.09. The quantitative estimate of drug-likeness (QED) is 0.710. The lowest BCUT2D eigenvalue weighted by atomic mass is 9.74. The Bertz CT molecular complexity index is 1050. The number of piperidine rings is 1. The van der Waals surface area contributed by atoms with Crippen LogP contribution in [0.2, 0.25) is 0 Å². The number of benzene rings is 2. The first-order chi connectivity index (χ1) is 14.7. The number of likely N-dealkylation sites (tertiary alicyclic amines) is 1. The minimum absolute atomic E-state index is 0.00816. The van der Waals surface area contributed by atoms with Crippen molar-refractivity contribution in [3.05, 3.63) is 77.6 Å². The van der Waals surface area contributed by atoms with Gasteiger partial charge in [-0.15, -0.1) is 0 Å². The Balaban J connectivity index is 1.30. The fraction of sp³-hybridized carbons (Fsp3) is 0.320. The molecule has 2 aromatic carbocycles. The first kappa shape index (κ1) is 18.9. The van der Waals surface area contributed by atoms with Crippen molar-refractivity contribution in [2.45, 2.75) is 24.8 Å². The van der Waals surface area contributed by atoms with E-state index in [0.29, 0.717) is 25.5 Å². The molecule has 2 aliphatic heterocycles. The van der Waals surface area contributed by atoms with Crippen LogP contribution in [-0.2, 0) is 12.0 Å². The lowest BCUT2D eigenvalue weighted by Gasteiger charge is -2.38. The van der Waals surface area contributed by atoms with E-state index < -0.39 is 0 Å². The molecule has 154 valence electrons. The molecule has 1 saturated heterocycles. The normalized spacial score (nSPS) is 17.0. The summed E-state index contributed by atoms with van der Waals surface area (Å²) >= 11 is 0. The molecule has 0 radical (unpaired) electrons. The van der Waals surface area contributed by atoms with Gasteiger partial charge in [0.15, 0.2) is 5.76 Å². The summed E-state index contributed by atoms with van der Waals surface area (Å²) in [7, 11) is 1.96. The molecule has 1 aromatic heterocycles. The fourth-order valence-electron chi connectivity index (χ4n) is 4.64. The third-order valence-corrected chi connectivity index (χ3v) is 6.38. The van der Waals surface area contributed by atoms with E-state index in [9.17, 15) is 4.79 Å². The van der Waals surface area contributed by atoms with Gasteiger partial charge in [0.05, 0.1) is 6.61 Å². The highest BCUT2D eigenvalue weighted by atomic mass is 16.5. The maximum atomic E-state index is 13.0. The van der Waals surface area contributed by atoms with Crippen LogP contribution in [0.4, 0.5) is 0 Å². The third kappa shape index (κ3) is 3.29. The number of ether oxygens (including phenoxy) is 1. The molecule has 3 aromatic rings. The lowest BCUT2D eigenvalue weighted by Crippen LogP contribution is -2.46. The number of carbonyl (C=O) groups excluding carboxylic acids is 1. The zero-order valence-corrected chi connectivity index (χ0v) is 17.2. The van der Waals surface area contributed by atoms with Gasteiger partial charge < -0.3 is 19.4 Å². The molecule has 3 heterocycles. The van der Waals surface area contributed by atoms with E-state index >= 15 is 0 Å². The van der Waals surface area contributed by atoms with E-state index in [1.807, 2.05) is 48.3 Å². The molecule has 0 unspecified atom stereocenters. The maximum Gasteiger partial charge on any atom is 0.289 e. The molecule has 30 heavy (non-hydrogen) atoms. The third-order valence-electron chi connectivity index (χ3n) is 6.38. The van der Waals surface area contributed by atoms with Gasteiger partial charge in [0.2, 0.25) is 0 Å². The number of carbonyl (C=O) groups is 1. The second-order valence-electron chi connectivity index (χ2n) is 8.25. The van der Waals surface area contributed by atoms with E-state index in [2.05, 4.69) is 23.5 Å². The van der Waals surface area contributed by atoms with Crippen molar-refractivity contribution in [2.24, 2.45) is 0 Å². The fourth-order valence-corrected chi connectivity index (χ4v) is 4.64. The van der Waals surface area contributed by atoms with Crippen LogP contribution in [0.3, 0.4) is 0 Å². The molecule has 5 heteroatoms. The zero-order chi connectivity index (χ0) is 20.6. The Labute approximate surface area is 176 Å². The molecule has 1 fully saturated rings. The average Bonchev–Trinajstić information content (AvgIpc) is 3.41. The van der Waals surface area contributed by atoms with Crippen molar-refractivity contribution in [3.63, 3.8) is 0 Å². The molecular weight excluding hydrogens is 376 g/mol. The Hall–Kier alpha value is -3.05. The first-order valence-electron chi connectivity index (χ1n) is 10.5. The van der Waals surface area contributed by atoms with Crippen LogP contribution in [0.1, 0.15) is 34.5 Å². The van der Waals surface area contributed by atoms with Crippen molar-refractivity contribution >= 4 is 5.91 Å². The molecule has 5 rings (SSSR count). The number of hydrogen-bond donors (Lipinski definition) is 1. The van der Waals surface area contributed by atoms with Crippen molar-refractivity contribution < 1.29 is 13.9 Å². The van der Waals surface area contributed by atoms with E-state index in [4.69, 9.17) is 9.15 Å². The van der Waals surface area contributed by atoms with Gasteiger partial charge in [-0.2, -0.15) is 0 Å². The summed E-state index contributed by atoms with van der Waals surface area (Å²) < 4.78 is 11.9. The number of nitrogens with zero attached hydrogens (tertiary/aromatic N) is 1. The van der Waals surface area contributed by atoms with E-state index in [0.717, 1.165) is 36.5 Å². The number of amides is 1. The smallest absolute Gasteiger partial charge is 0.289 e. The molecule has 1 amide bonds. The summed E-state index contributed by atoms with van der Waals surface area (Å²) in [4.78, 5) is 14.9. The summed E-state index contributed by atoms with van der Waals surface area (Å²) in [6.45, 7) is 2.96. The standard InChI is InChI=1S/C25H26N2O3/c1-26-16-18-7-8-22-20(15-18)25(17-29-22)11-13-27(14-12-25)24(28)23-10-9-21(30-23)19-5-3-2-4-6-19/h2-10,15,26H,11-14,16-17H2,1H3. The van der Waals surface area contributed by atoms with Crippen LogP contribution in [-0.4, -0.2) is 37.6 Å². The van der Waals surface area contributed by atoms with Crippen LogP contribution < -0.4 is 10.1 Å². The van der Waals surface area contributed by atoms with Crippen LogP contribution >= 0.6 is 0 Å². The minimum atomic E-state index is -0.0323. The highest BCUT2D eigenvalue weighted by Gasteiger charge is 2.44. The molecular formula is C25H26N2O3. The van der Waals surface area contributed by atoms with Crippen molar-refractivity contribution in [1.29, 1.82) is 0 Å². The number of hydrogen-bond acceptors (Lipinski definition) is 4. The van der Waals surface area contributed by atoms with Crippen LogP contribution in [0.15, 0.2) is 65.1 Å². The molecule has 0 atom stereocenters. The number of rotatable bonds is 4. The van der Waals surface area contributed by atoms with Gasteiger partial charge in [0.25, 0.3) is 5.91 Å². The highest BCUT2D eigenvalue weighted by Crippen LogP contribution is 2.46. The number of nitrogens with one attached hydrogen (secondary N) is 1. The highest BCUT2D eigenvalue weighted by molar-refractivity contribution is 5.92. The SMILES string of the molecule is CNCc1ccc2c(c1)C1(CCN(C(=O)c3ccc(-c4ccccc4)o3)CC1)CO2. The van der Waals surface area contributed by atoms with Gasteiger partial charge >= 0.3 is 0 Å². The Morgan fingerprint density at radius 1 is 1.07 bits per heavy atom. The topological polar surface area (TPSA) is 54.7 Å².